The molecule has 0 aliphatic heterocycles. The first-order valence-corrected chi connectivity index (χ1v) is 5.82. The molecule has 4 heteroatoms. The van der Waals surface area contributed by atoms with Crippen LogP contribution in [0.2, 0.25) is 0 Å². The van der Waals surface area contributed by atoms with Crippen LogP contribution in [-0.2, 0) is 0 Å². The molecule has 4 nitrogen and oxygen atoms in total. The Morgan fingerprint density at radius 1 is 0.944 bits per heavy atom. The lowest BCUT2D eigenvalue weighted by Gasteiger charge is -2.11. The lowest BCUT2D eigenvalue weighted by molar-refractivity contribution is 0.456. The summed E-state index contributed by atoms with van der Waals surface area (Å²) >= 11 is 0. The van der Waals surface area contributed by atoms with E-state index in [4.69, 9.17) is 10.5 Å². The van der Waals surface area contributed by atoms with E-state index in [1.165, 1.54) is 0 Å². The number of anilines is 1. The van der Waals surface area contributed by atoms with Gasteiger partial charge < -0.3 is 10.5 Å². The van der Waals surface area contributed by atoms with Crippen molar-refractivity contribution in [3.8, 4) is 11.6 Å². The van der Waals surface area contributed by atoms with Gasteiger partial charge in [-0.25, -0.2) is 4.98 Å². The lowest BCUT2D eigenvalue weighted by Crippen LogP contribution is -1.98. The predicted octanol–water partition coefficient (Wildman–Crippen LogP) is 3.08. The van der Waals surface area contributed by atoms with Gasteiger partial charge >= 0.3 is 0 Å². The summed E-state index contributed by atoms with van der Waals surface area (Å²) in [5, 5.41) is 0. The highest BCUT2D eigenvalue weighted by molar-refractivity contribution is 5.54. The zero-order chi connectivity index (χ0) is 13.3. The number of rotatable bonds is 2. The smallest absolute Gasteiger partial charge is 0.222 e. The van der Waals surface area contributed by atoms with Crippen LogP contribution in [0.4, 0.5) is 5.69 Å². The van der Waals surface area contributed by atoms with E-state index in [1.807, 2.05) is 45.9 Å². The van der Waals surface area contributed by atoms with Gasteiger partial charge in [0, 0.05) is 23.5 Å². The van der Waals surface area contributed by atoms with Gasteiger partial charge in [-0.1, -0.05) is 6.07 Å². The highest BCUT2D eigenvalue weighted by Crippen LogP contribution is 2.28. The fraction of sp³-hybridized carbons (Fsp3) is 0.286. The van der Waals surface area contributed by atoms with E-state index in [0.717, 1.165) is 28.3 Å². The van der Waals surface area contributed by atoms with Crippen LogP contribution in [0, 0.1) is 27.7 Å². The molecule has 0 saturated carbocycles. The van der Waals surface area contributed by atoms with Gasteiger partial charge in [0.2, 0.25) is 5.88 Å². The van der Waals surface area contributed by atoms with Gasteiger partial charge in [0.25, 0.3) is 0 Å². The molecule has 0 amide bonds. The molecule has 2 aromatic rings. The summed E-state index contributed by atoms with van der Waals surface area (Å²) < 4.78 is 5.78. The SMILES string of the molecule is Cc1cc(Oc2cc(N)c(C)cc2C)nc(C)n1. The van der Waals surface area contributed by atoms with Crippen LogP contribution < -0.4 is 10.5 Å². The van der Waals surface area contributed by atoms with E-state index < -0.39 is 0 Å². The number of aromatic nitrogens is 2. The Hall–Kier alpha value is -2.10. The normalized spacial score (nSPS) is 10.4. The summed E-state index contributed by atoms with van der Waals surface area (Å²) in [4.78, 5) is 8.46. The zero-order valence-electron chi connectivity index (χ0n) is 11.1. The minimum Gasteiger partial charge on any atom is -0.439 e. The van der Waals surface area contributed by atoms with E-state index in [2.05, 4.69) is 9.97 Å². The topological polar surface area (TPSA) is 61.0 Å². The Labute approximate surface area is 107 Å². The van der Waals surface area contributed by atoms with Crippen molar-refractivity contribution < 1.29 is 4.74 Å². The first kappa shape index (κ1) is 12.4. The van der Waals surface area contributed by atoms with Crippen molar-refractivity contribution in [1.82, 2.24) is 9.97 Å². The van der Waals surface area contributed by atoms with Crippen LogP contribution in [0.5, 0.6) is 11.6 Å². The molecule has 0 fully saturated rings. The monoisotopic (exact) mass is 243 g/mol. The second-order valence-electron chi connectivity index (χ2n) is 4.47. The standard InChI is InChI=1S/C14H17N3O/c1-8-5-9(2)13(7-12(8)15)18-14-6-10(3)16-11(4)17-14/h5-7H,15H2,1-4H3. The predicted molar refractivity (Wildman–Crippen MR) is 71.9 cm³/mol. The molecule has 0 saturated heterocycles. The van der Waals surface area contributed by atoms with Crippen molar-refractivity contribution in [1.29, 1.82) is 0 Å². The highest BCUT2D eigenvalue weighted by atomic mass is 16.5. The number of ether oxygens (including phenoxy) is 1. The number of nitrogens with two attached hydrogens (primary N) is 1. The molecule has 0 spiro atoms. The molecule has 1 aromatic heterocycles. The average molecular weight is 243 g/mol. The van der Waals surface area contributed by atoms with Crippen molar-refractivity contribution in [2.24, 2.45) is 0 Å². The van der Waals surface area contributed by atoms with Crippen LogP contribution in [0.3, 0.4) is 0 Å². The maximum Gasteiger partial charge on any atom is 0.222 e. The fourth-order valence-corrected chi connectivity index (χ4v) is 1.81. The molecule has 0 aliphatic rings. The van der Waals surface area contributed by atoms with Crippen LogP contribution in [0.15, 0.2) is 18.2 Å². The lowest BCUT2D eigenvalue weighted by atomic mass is 10.1. The Morgan fingerprint density at radius 2 is 1.67 bits per heavy atom. The van der Waals surface area contributed by atoms with Gasteiger partial charge in [0.1, 0.15) is 11.6 Å². The number of hydrogen-bond donors (Lipinski definition) is 1. The summed E-state index contributed by atoms with van der Waals surface area (Å²) in [6.45, 7) is 7.72. The third-order valence-corrected chi connectivity index (χ3v) is 2.72. The van der Waals surface area contributed by atoms with E-state index in [9.17, 15) is 0 Å². The summed E-state index contributed by atoms with van der Waals surface area (Å²) in [5.41, 5.74) is 9.58. The fourth-order valence-electron chi connectivity index (χ4n) is 1.81. The molecule has 2 N–H and O–H groups in total. The van der Waals surface area contributed by atoms with Crippen molar-refractivity contribution in [2.75, 3.05) is 5.73 Å². The molecule has 18 heavy (non-hydrogen) atoms. The highest BCUT2D eigenvalue weighted by Gasteiger charge is 2.07. The first-order valence-electron chi connectivity index (χ1n) is 5.82. The molecule has 94 valence electrons. The third-order valence-electron chi connectivity index (χ3n) is 2.72. The van der Waals surface area contributed by atoms with Crippen molar-refractivity contribution in [3.63, 3.8) is 0 Å². The van der Waals surface area contributed by atoms with E-state index in [-0.39, 0.29) is 0 Å². The van der Waals surface area contributed by atoms with Gasteiger partial charge in [0.05, 0.1) is 0 Å². The molecule has 0 radical (unpaired) electrons. The van der Waals surface area contributed by atoms with Gasteiger partial charge in [-0.15, -0.1) is 0 Å². The molecule has 2 rings (SSSR count). The number of benzene rings is 1. The van der Waals surface area contributed by atoms with Crippen LogP contribution >= 0.6 is 0 Å². The van der Waals surface area contributed by atoms with Gasteiger partial charge in [-0.05, 0) is 38.8 Å². The second kappa shape index (κ2) is 4.64. The number of nitrogens with zero attached hydrogens (tertiary/aromatic N) is 2. The summed E-state index contributed by atoms with van der Waals surface area (Å²) in [7, 11) is 0. The first-order chi connectivity index (χ1) is 8.45. The van der Waals surface area contributed by atoms with E-state index >= 15 is 0 Å². The van der Waals surface area contributed by atoms with Crippen molar-refractivity contribution in [2.45, 2.75) is 27.7 Å². The van der Waals surface area contributed by atoms with E-state index in [1.54, 1.807) is 0 Å². The number of hydrogen-bond acceptors (Lipinski definition) is 4. The van der Waals surface area contributed by atoms with Crippen LogP contribution in [0.25, 0.3) is 0 Å². The van der Waals surface area contributed by atoms with Gasteiger partial charge in [-0.3, -0.25) is 0 Å². The summed E-state index contributed by atoms with van der Waals surface area (Å²) in [6.07, 6.45) is 0. The Morgan fingerprint density at radius 3 is 2.33 bits per heavy atom. The van der Waals surface area contributed by atoms with E-state index in [0.29, 0.717) is 11.7 Å². The average Bonchev–Trinajstić information content (AvgIpc) is 2.24. The van der Waals surface area contributed by atoms with Crippen LogP contribution in [-0.4, -0.2) is 9.97 Å². The minimum atomic E-state index is 0.548. The second-order valence-corrected chi connectivity index (χ2v) is 4.47. The third kappa shape index (κ3) is 2.59. The maximum absolute atomic E-state index is 5.89. The summed E-state index contributed by atoms with van der Waals surface area (Å²) in [5.74, 6) is 1.98. The number of aryl methyl sites for hydroxylation is 4. The zero-order valence-corrected chi connectivity index (χ0v) is 11.1. The molecule has 0 bridgehead atoms. The minimum absolute atomic E-state index is 0.548. The Kier molecular flexibility index (Phi) is 3.19. The molecule has 1 aromatic carbocycles. The summed E-state index contributed by atoms with van der Waals surface area (Å²) in [6, 6.07) is 5.64. The quantitative estimate of drug-likeness (QED) is 0.823. The molecule has 0 atom stereocenters. The molecule has 0 aliphatic carbocycles. The van der Waals surface area contributed by atoms with Crippen molar-refractivity contribution in [3.05, 3.63) is 40.8 Å². The number of nitrogen functional groups attached to an aromatic ring is 1. The van der Waals surface area contributed by atoms with Gasteiger partial charge in [-0.2, -0.15) is 4.98 Å². The Bertz CT molecular complexity index is 574. The van der Waals surface area contributed by atoms with Gasteiger partial charge in [0.15, 0.2) is 0 Å². The molecular weight excluding hydrogens is 226 g/mol. The molecule has 0 unspecified atom stereocenters. The largest absolute Gasteiger partial charge is 0.439 e. The Balaban J connectivity index is 2.36. The van der Waals surface area contributed by atoms with Crippen LogP contribution in [0.1, 0.15) is 22.6 Å². The molecular formula is C14H17N3O. The van der Waals surface area contributed by atoms with Crippen molar-refractivity contribution >= 4 is 5.69 Å². The molecule has 1 heterocycles. The maximum atomic E-state index is 5.89.